The largest absolute Gasteiger partial charge is 0.260 e. The minimum absolute atomic E-state index is 0.327. The smallest absolute Gasteiger partial charge is 0.0684 e. The molecule has 0 saturated carbocycles. The molecule has 0 aromatic rings. The van der Waals surface area contributed by atoms with Gasteiger partial charge in [-0.2, -0.15) is 5.26 Å². The van der Waals surface area contributed by atoms with Gasteiger partial charge in [0.1, 0.15) is 0 Å². The molecule has 0 spiro atoms. The molecule has 0 fully saturated rings. The average molecular weight is 201 g/mol. The maximum Gasteiger partial charge on any atom is 0.0684 e. The molecule has 0 aliphatic heterocycles. The summed E-state index contributed by atoms with van der Waals surface area (Å²) in [5.74, 6) is 1.88. The fraction of sp³-hybridized carbons (Fsp3) is 0.900. The van der Waals surface area contributed by atoms with Crippen molar-refractivity contribution in [1.29, 1.82) is 5.26 Å². The van der Waals surface area contributed by atoms with E-state index in [1.165, 1.54) is 0 Å². The van der Waals surface area contributed by atoms with Gasteiger partial charge in [-0.25, -0.2) is 0 Å². The minimum Gasteiger partial charge on any atom is -0.260 e. The van der Waals surface area contributed by atoms with Crippen molar-refractivity contribution in [3.63, 3.8) is 0 Å². The Kier molecular flexibility index (Phi) is 5.24. The Labute approximate surface area is 83.8 Å². The van der Waals surface area contributed by atoms with Crippen molar-refractivity contribution < 1.29 is 4.21 Å². The van der Waals surface area contributed by atoms with E-state index in [1.54, 1.807) is 0 Å². The van der Waals surface area contributed by atoms with Crippen molar-refractivity contribution in [3.05, 3.63) is 0 Å². The van der Waals surface area contributed by atoms with Gasteiger partial charge in [0.15, 0.2) is 0 Å². The Balaban J connectivity index is 3.78. The molecule has 0 bridgehead atoms. The lowest BCUT2D eigenvalue weighted by Crippen LogP contribution is -2.15. The molecule has 0 aromatic heterocycles. The van der Waals surface area contributed by atoms with E-state index in [0.29, 0.717) is 11.7 Å². The van der Waals surface area contributed by atoms with Gasteiger partial charge in [0.2, 0.25) is 0 Å². The lowest BCUT2D eigenvalue weighted by atomic mass is 9.93. The van der Waals surface area contributed by atoms with E-state index >= 15 is 0 Å². The average Bonchev–Trinajstić information content (AvgIpc) is 2.00. The van der Waals surface area contributed by atoms with Gasteiger partial charge in [-0.3, -0.25) is 4.21 Å². The molecule has 3 heteroatoms. The number of nitriles is 1. The van der Waals surface area contributed by atoms with E-state index in [9.17, 15) is 4.21 Å². The van der Waals surface area contributed by atoms with E-state index in [2.05, 4.69) is 19.9 Å². The molecule has 76 valence electrons. The highest BCUT2D eigenvalue weighted by molar-refractivity contribution is 7.84. The summed E-state index contributed by atoms with van der Waals surface area (Å²) in [7, 11) is -0.749. The van der Waals surface area contributed by atoms with Crippen LogP contribution >= 0.6 is 0 Å². The van der Waals surface area contributed by atoms with Crippen LogP contribution in [0.4, 0.5) is 0 Å². The van der Waals surface area contributed by atoms with Crippen molar-refractivity contribution >= 4 is 10.8 Å². The summed E-state index contributed by atoms with van der Waals surface area (Å²) in [6.45, 7) is 7.90. The normalized spacial score (nSPS) is 14.2. The molecule has 0 aromatic carbocycles. The van der Waals surface area contributed by atoms with Crippen LogP contribution in [0.15, 0.2) is 0 Å². The molecule has 0 aliphatic carbocycles. The molecule has 0 heterocycles. The van der Waals surface area contributed by atoms with Gasteiger partial charge in [0, 0.05) is 22.3 Å². The molecule has 0 saturated heterocycles. The zero-order chi connectivity index (χ0) is 10.5. The van der Waals surface area contributed by atoms with Gasteiger partial charge >= 0.3 is 0 Å². The zero-order valence-electron chi connectivity index (χ0n) is 8.96. The zero-order valence-corrected chi connectivity index (χ0v) is 9.78. The Morgan fingerprint density at radius 1 is 1.46 bits per heavy atom. The number of rotatable bonds is 5. The summed E-state index contributed by atoms with van der Waals surface area (Å²) in [6.07, 6.45) is 0.725. The van der Waals surface area contributed by atoms with Gasteiger partial charge < -0.3 is 0 Å². The molecule has 13 heavy (non-hydrogen) atoms. The SMILES string of the molecule is CC(C)CS(=O)CCC(C)(C)C#N. The Bertz CT molecular complexity index is 215. The number of hydrogen-bond acceptors (Lipinski definition) is 2. The third kappa shape index (κ3) is 6.77. The summed E-state index contributed by atoms with van der Waals surface area (Å²) < 4.78 is 11.4. The van der Waals surface area contributed by atoms with Crippen LogP contribution in [0.25, 0.3) is 0 Å². The van der Waals surface area contributed by atoms with E-state index in [1.807, 2.05) is 13.8 Å². The molecule has 0 aliphatic rings. The highest BCUT2D eigenvalue weighted by Gasteiger charge is 2.17. The van der Waals surface area contributed by atoms with Crippen molar-refractivity contribution in [3.8, 4) is 6.07 Å². The first-order valence-electron chi connectivity index (χ1n) is 4.63. The lowest BCUT2D eigenvalue weighted by Gasteiger charge is -2.14. The van der Waals surface area contributed by atoms with Crippen LogP contribution in [-0.2, 0) is 10.8 Å². The highest BCUT2D eigenvalue weighted by atomic mass is 32.2. The fourth-order valence-corrected chi connectivity index (χ4v) is 2.53. The molecular weight excluding hydrogens is 182 g/mol. The highest BCUT2D eigenvalue weighted by Crippen LogP contribution is 2.18. The van der Waals surface area contributed by atoms with Crippen LogP contribution < -0.4 is 0 Å². The summed E-state index contributed by atoms with van der Waals surface area (Å²) in [5, 5.41) is 8.74. The van der Waals surface area contributed by atoms with E-state index in [4.69, 9.17) is 5.26 Å². The van der Waals surface area contributed by atoms with Crippen LogP contribution in [-0.4, -0.2) is 15.7 Å². The standard InChI is InChI=1S/C10H19NOS/c1-9(2)7-13(12)6-5-10(3,4)8-11/h9H,5-7H2,1-4H3. The predicted octanol–water partition coefficient (Wildman–Crippen LogP) is 2.33. The van der Waals surface area contributed by atoms with Crippen molar-refractivity contribution in [2.24, 2.45) is 11.3 Å². The Hall–Kier alpha value is -0.360. The van der Waals surface area contributed by atoms with Gasteiger partial charge in [0.25, 0.3) is 0 Å². The lowest BCUT2D eigenvalue weighted by molar-refractivity contribution is 0.478. The van der Waals surface area contributed by atoms with E-state index in [0.717, 1.165) is 12.2 Å². The van der Waals surface area contributed by atoms with E-state index in [-0.39, 0.29) is 5.41 Å². The second kappa shape index (κ2) is 5.39. The first-order chi connectivity index (χ1) is 5.87. The molecule has 0 radical (unpaired) electrons. The first kappa shape index (κ1) is 12.6. The Morgan fingerprint density at radius 3 is 2.38 bits per heavy atom. The number of hydrogen-bond donors (Lipinski definition) is 0. The van der Waals surface area contributed by atoms with Crippen LogP contribution in [0.1, 0.15) is 34.1 Å². The number of nitrogens with zero attached hydrogens (tertiary/aromatic N) is 1. The Morgan fingerprint density at radius 2 is 2.00 bits per heavy atom. The van der Waals surface area contributed by atoms with Gasteiger partial charge in [0.05, 0.1) is 11.5 Å². The van der Waals surface area contributed by atoms with Crippen molar-refractivity contribution in [2.75, 3.05) is 11.5 Å². The molecule has 1 atom stereocenters. The third-order valence-corrected chi connectivity index (χ3v) is 3.47. The van der Waals surface area contributed by atoms with Crippen LogP contribution in [0.2, 0.25) is 0 Å². The summed E-state index contributed by atoms with van der Waals surface area (Å²) in [4.78, 5) is 0. The van der Waals surface area contributed by atoms with Crippen LogP contribution in [0.3, 0.4) is 0 Å². The van der Waals surface area contributed by atoms with Gasteiger partial charge in [-0.15, -0.1) is 0 Å². The van der Waals surface area contributed by atoms with Gasteiger partial charge in [-0.1, -0.05) is 13.8 Å². The minimum atomic E-state index is -0.749. The van der Waals surface area contributed by atoms with Crippen LogP contribution in [0, 0.1) is 22.7 Å². The molecule has 0 N–H and O–H groups in total. The molecule has 1 unspecified atom stereocenters. The molecule has 0 amide bonds. The second-order valence-electron chi connectivity index (χ2n) is 4.45. The maximum atomic E-state index is 11.4. The molecular formula is C10H19NOS. The second-order valence-corrected chi connectivity index (χ2v) is 6.07. The van der Waals surface area contributed by atoms with Crippen molar-refractivity contribution in [1.82, 2.24) is 0 Å². The maximum absolute atomic E-state index is 11.4. The summed E-state index contributed by atoms with van der Waals surface area (Å²) in [6, 6.07) is 2.22. The topological polar surface area (TPSA) is 40.9 Å². The first-order valence-corrected chi connectivity index (χ1v) is 6.12. The van der Waals surface area contributed by atoms with Crippen molar-refractivity contribution in [2.45, 2.75) is 34.1 Å². The van der Waals surface area contributed by atoms with E-state index < -0.39 is 10.8 Å². The summed E-state index contributed by atoms with van der Waals surface area (Å²) in [5.41, 5.74) is -0.327. The summed E-state index contributed by atoms with van der Waals surface area (Å²) >= 11 is 0. The third-order valence-electron chi connectivity index (χ3n) is 1.78. The fourth-order valence-electron chi connectivity index (χ4n) is 0.880. The molecule has 2 nitrogen and oxygen atoms in total. The van der Waals surface area contributed by atoms with Gasteiger partial charge in [-0.05, 0) is 26.2 Å². The quantitative estimate of drug-likeness (QED) is 0.685. The predicted molar refractivity (Wildman–Crippen MR) is 56.7 cm³/mol. The molecule has 0 rings (SSSR count). The monoisotopic (exact) mass is 201 g/mol. The van der Waals surface area contributed by atoms with Crippen LogP contribution in [0.5, 0.6) is 0 Å².